The molecule has 1 rings (SSSR count). The molecule has 1 heteroatoms. The van der Waals surface area contributed by atoms with Crippen molar-refractivity contribution in [1.29, 1.82) is 0 Å². The monoisotopic (exact) mass is 279 g/mol. The van der Waals surface area contributed by atoms with Crippen LogP contribution in [-0.4, -0.2) is 12.6 Å². The fourth-order valence-corrected chi connectivity index (χ4v) is 3.33. The fourth-order valence-electron chi connectivity index (χ4n) is 3.33. The second kappa shape index (κ2) is 12.4. The Morgan fingerprint density at radius 2 is 1.70 bits per heavy atom. The van der Waals surface area contributed by atoms with Crippen molar-refractivity contribution in [2.45, 2.75) is 103 Å². The van der Waals surface area contributed by atoms with E-state index in [4.69, 9.17) is 0 Å². The summed E-state index contributed by atoms with van der Waals surface area (Å²) < 4.78 is 0. The molecule has 1 unspecified atom stereocenters. The third-order valence-corrected chi connectivity index (χ3v) is 4.57. The van der Waals surface area contributed by atoms with Gasteiger partial charge in [0.2, 0.25) is 0 Å². The molecule has 20 heavy (non-hydrogen) atoms. The minimum absolute atomic E-state index is 0.671. The third kappa shape index (κ3) is 8.09. The van der Waals surface area contributed by atoms with E-state index in [1.54, 1.807) is 5.57 Å². The van der Waals surface area contributed by atoms with Gasteiger partial charge >= 0.3 is 0 Å². The summed E-state index contributed by atoms with van der Waals surface area (Å²) in [5, 5.41) is 3.73. The van der Waals surface area contributed by atoms with E-state index in [2.05, 4.69) is 25.2 Å². The van der Waals surface area contributed by atoms with E-state index in [0.717, 1.165) is 6.54 Å². The highest BCUT2D eigenvalue weighted by molar-refractivity contribution is 5.11. The SMILES string of the molecule is CCCCCCCCC(NCC)C1=CCCCCCC1. The Morgan fingerprint density at radius 3 is 2.50 bits per heavy atom. The molecule has 1 atom stereocenters. The normalized spacial score (nSPS) is 18.2. The Hall–Kier alpha value is -0.300. The van der Waals surface area contributed by atoms with Crippen LogP contribution in [0.1, 0.15) is 97.3 Å². The van der Waals surface area contributed by atoms with E-state index < -0.39 is 0 Å². The van der Waals surface area contributed by atoms with E-state index in [1.165, 1.54) is 83.5 Å². The summed E-state index contributed by atoms with van der Waals surface area (Å²) in [5.74, 6) is 0. The minimum Gasteiger partial charge on any atom is -0.311 e. The van der Waals surface area contributed by atoms with Gasteiger partial charge in [0, 0.05) is 6.04 Å². The maximum Gasteiger partial charge on any atom is 0.0279 e. The molecule has 1 nitrogen and oxygen atoms in total. The molecule has 0 fully saturated rings. The van der Waals surface area contributed by atoms with Gasteiger partial charge in [-0.2, -0.15) is 0 Å². The smallest absolute Gasteiger partial charge is 0.0279 e. The first-order valence-corrected chi connectivity index (χ1v) is 9.30. The zero-order chi connectivity index (χ0) is 14.5. The summed E-state index contributed by atoms with van der Waals surface area (Å²) in [7, 11) is 0. The van der Waals surface area contributed by atoms with Crippen molar-refractivity contribution in [3.8, 4) is 0 Å². The molecule has 118 valence electrons. The predicted octanol–water partition coefficient (Wildman–Crippen LogP) is 6.00. The summed E-state index contributed by atoms with van der Waals surface area (Å²) >= 11 is 0. The van der Waals surface area contributed by atoms with Crippen LogP contribution >= 0.6 is 0 Å². The molecule has 0 amide bonds. The summed E-state index contributed by atoms with van der Waals surface area (Å²) in [6.45, 7) is 5.65. The summed E-state index contributed by atoms with van der Waals surface area (Å²) in [5.41, 5.74) is 1.72. The van der Waals surface area contributed by atoms with Gasteiger partial charge in [-0.25, -0.2) is 0 Å². The van der Waals surface area contributed by atoms with Crippen LogP contribution < -0.4 is 5.32 Å². The minimum atomic E-state index is 0.671. The maximum absolute atomic E-state index is 3.73. The highest BCUT2D eigenvalue weighted by atomic mass is 14.9. The van der Waals surface area contributed by atoms with Crippen LogP contribution in [-0.2, 0) is 0 Å². The van der Waals surface area contributed by atoms with E-state index in [1.807, 2.05) is 0 Å². The Bertz CT molecular complexity index is 244. The predicted molar refractivity (Wildman–Crippen MR) is 91.2 cm³/mol. The second-order valence-corrected chi connectivity index (χ2v) is 6.40. The lowest BCUT2D eigenvalue weighted by Gasteiger charge is -2.23. The molecule has 0 spiro atoms. The van der Waals surface area contributed by atoms with E-state index in [0.29, 0.717) is 6.04 Å². The molecule has 0 saturated carbocycles. The van der Waals surface area contributed by atoms with E-state index >= 15 is 0 Å². The van der Waals surface area contributed by atoms with Crippen molar-refractivity contribution in [1.82, 2.24) is 5.32 Å². The van der Waals surface area contributed by atoms with Gasteiger partial charge in [-0.15, -0.1) is 0 Å². The molecule has 1 N–H and O–H groups in total. The first-order valence-electron chi connectivity index (χ1n) is 9.30. The van der Waals surface area contributed by atoms with Gasteiger partial charge in [-0.05, 0) is 38.6 Å². The molecule has 0 radical (unpaired) electrons. The second-order valence-electron chi connectivity index (χ2n) is 6.40. The van der Waals surface area contributed by atoms with Gasteiger partial charge in [-0.3, -0.25) is 0 Å². The van der Waals surface area contributed by atoms with Crippen molar-refractivity contribution in [2.75, 3.05) is 6.54 Å². The molecule has 1 aliphatic rings. The van der Waals surface area contributed by atoms with Gasteiger partial charge in [0.15, 0.2) is 0 Å². The first kappa shape index (κ1) is 17.8. The van der Waals surface area contributed by atoms with E-state index in [-0.39, 0.29) is 0 Å². The lowest BCUT2D eigenvalue weighted by atomic mass is 9.92. The molecular formula is C19H37N. The Labute approximate surface area is 127 Å². The van der Waals surface area contributed by atoms with Crippen LogP contribution in [0.3, 0.4) is 0 Å². The van der Waals surface area contributed by atoms with Crippen LogP contribution in [0.25, 0.3) is 0 Å². The highest BCUT2D eigenvalue weighted by Crippen LogP contribution is 2.22. The van der Waals surface area contributed by atoms with Crippen molar-refractivity contribution in [3.63, 3.8) is 0 Å². The fraction of sp³-hybridized carbons (Fsp3) is 0.895. The highest BCUT2D eigenvalue weighted by Gasteiger charge is 2.13. The average Bonchev–Trinajstić information content (AvgIpc) is 2.41. The number of nitrogens with one attached hydrogen (secondary N) is 1. The lowest BCUT2D eigenvalue weighted by molar-refractivity contribution is 0.482. The number of hydrogen-bond acceptors (Lipinski definition) is 1. The van der Waals surface area contributed by atoms with Crippen LogP contribution in [0.15, 0.2) is 11.6 Å². The third-order valence-electron chi connectivity index (χ3n) is 4.57. The lowest BCUT2D eigenvalue weighted by Crippen LogP contribution is -2.31. The van der Waals surface area contributed by atoms with Gasteiger partial charge in [-0.1, -0.05) is 76.9 Å². The Balaban J connectivity index is 2.30. The van der Waals surface area contributed by atoms with Crippen LogP contribution in [0, 0.1) is 0 Å². The van der Waals surface area contributed by atoms with Gasteiger partial charge < -0.3 is 5.32 Å². The molecular weight excluding hydrogens is 242 g/mol. The number of allylic oxidation sites excluding steroid dienone is 1. The quantitative estimate of drug-likeness (QED) is 0.382. The number of hydrogen-bond donors (Lipinski definition) is 1. The van der Waals surface area contributed by atoms with Crippen LogP contribution in [0.5, 0.6) is 0 Å². The molecule has 0 bridgehead atoms. The summed E-state index contributed by atoms with van der Waals surface area (Å²) in [6, 6.07) is 0.671. The van der Waals surface area contributed by atoms with Crippen LogP contribution in [0.2, 0.25) is 0 Å². The average molecular weight is 280 g/mol. The summed E-state index contributed by atoms with van der Waals surface area (Å²) in [6.07, 6.45) is 20.7. The van der Waals surface area contributed by atoms with Crippen molar-refractivity contribution in [3.05, 3.63) is 11.6 Å². The largest absolute Gasteiger partial charge is 0.311 e. The molecule has 0 saturated heterocycles. The first-order chi connectivity index (χ1) is 9.88. The van der Waals surface area contributed by atoms with Gasteiger partial charge in [0.1, 0.15) is 0 Å². The van der Waals surface area contributed by atoms with Gasteiger partial charge in [0.25, 0.3) is 0 Å². The molecule has 0 aliphatic heterocycles. The molecule has 1 aliphatic carbocycles. The van der Waals surface area contributed by atoms with Gasteiger partial charge in [0.05, 0.1) is 0 Å². The number of rotatable bonds is 10. The van der Waals surface area contributed by atoms with Crippen molar-refractivity contribution in [2.24, 2.45) is 0 Å². The maximum atomic E-state index is 3.73. The number of unbranched alkanes of at least 4 members (excludes halogenated alkanes) is 5. The van der Waals surface area contributed by atoms with Crippen molar-refractivity contribution >= 4 is 0 Å². The zero-order valence-electron chi connectivity index (χ0n) is 14.1. The molecule has 0 aromatic rings. The van der Waals surface area contributed by atoms with Crippen LogP contribution in [0.4, 0.5) is 0 Å². The summed E-state index contributed by atoms with van der Waals surface area (Å²) in [4.78, 5) is 0. The Morgan fingerprint density at radius 1 is 0.950 bits per heavy atom. The molecule has 0 heterocycles. The molecule has 0 aromatic heterocycles. The molecule has 0 aromatic carbocycles. The zero-order valence-corrected chi connectivity index (χ0v) is 14.1. The topological polar surface area (TPSA) is 12.0 Å². The standard InChI is InChI=1S/C19H37N/c1-3-5-6-7-11-14-17-19(20-4-2)18-15-12-9-8-10-13-16-18/h15,19-20H,3-14,16-17H2,1-2H3. The number of likely N-dealkylation sites (N-methyl/N-ethyl adjacent to an activating group) is 1. The van der Waals surface area contributed by atoms with Crippen molar-refractivity contribution < 1.29 is 0 Å². The van der Waals surface area contributed by atoms with E-state index in [9.17, 15) is 0 Å². The Kier molecular flexibility index (Phi) is 11.0.